The van der Waals surface area contributed by atoms with Gasteiger partial charge in [-0.05, 0) is 33.6 Å². The van der Waals surface area contributed by atoms with Crippen molar-refractivity contribution >= 4 is 6.03 Å². The average Bonchev–Trinajstić information content (AvgIpc) is 2.44. The van der Waals surface area contributed by atoms with E-state index in [1.807, 2.05) is 18.7 Å². The number of likely N-dealkylation sites (tertiary alicyclic amines) is 1. The molecule has 0 spiro atoms. The molecule has 0 aromatic carbocycles. The highest BCUT2D eigenvalue weighted by Gasteiger charge is 2.24. The predicted octanol–water partition coefficient (Wildman–Crippen LogP) is 2.71. The van der Waals surface area contributed by atoms with Gasteiger partial charge in [-0.25, -0.2) is 4.79 Å². The van der Waals surface area contributed by atoms with Crippen LogP contribution >= 0.6 is 0 Å². The number of carbonyl (C=O) groups excluding carboxylic acids is 1. The maximum Gasteiger partial charge on any atom is 0.320 e. The molecule has 2 amide bonds. The molecule has 0 aromatic rings. The van der Waals surface area contributed by atoms with Crippen molar-refractivity contribution < 1.29 is 4.79 Å². The first-order valence-corrected chi connectivity index (χ1v) is 6.26. The van der Waals surface area contributed by atoms with Crippen molar-refractivity contribution in [2.24, 2.45) is 0 Å². The minimum atomic E-state index is 0.231. The van der Waals surface area contributed by atoms with Crippen LogP contribution in [0.4, 0.5) is 4.79 Å². The summed E-state index contributed by atoms with van der Waals surface area (Å²) in [7, 11) is 0. The van der Waals surface area contributed by atoms with Crippen LogP contribution in [0.15, 0.2) is 0 Å². The Balaban J connectivity index is 2.62. The number of carbonyl (C=O) groups is 1. The summed E-state index contributed by atoms with van der Waals surface area (Å²) < 4.78 is 0. The topological polar surface area (TPSA) is 23.6 Å². The molecule has 1 atom stereocenters. The van der Waals surface area contributed by atoms with E-state index in [1.165, 1.54) is 12.8 Å². The van der Waals surface area contributed by atoms with E-state index in [4.69, 9.17) is 0 Å². The Bertz CT molecular complexity index is 202. The minimum absolute atomic E-state index is 0.231. The zero-order valence-electron chi connectivity index (χ0n) is 10.3. The lowest BCUT2D eigenvalue weighted by atomic mass is 10.1. The van der Waals surface area contributed by atoms with Gasteiger partial charge < -0.3 is 9.80 Å². The van der Waals surface area contributed by atoms with E-state index >= 15 is 0 Å². The molecule has 88 valence electrons. The molecule has 15 heavy (non-hydrogen) atoms. The van der Waals surface area contributed by atoms with Gasteiger partial charge in [-0.2, -0.15) is 0 Å². The molecule has 0 bridgehead atoms. The van der Waals surface area contributed by atoms with Crippen molar-refractivity contribution in [1.29, 1.82) is 0 Å². The highest BCUT2D eigenvalue weighted by Crippen LogP contribution is 2.17. The maximum absolute atomic E-state index is 12.2. The summed E-state index contributed by atoms with van der Waals surface area (Å²) in [6.07, 6.45) is 4.86. The SMILES string of the molecule is CCN(CC)C(=O)N1CCCCCC1C. The summed E-state index contributed by atoms with van der Waals surface area (Å²) in [4.78, 5) is 16.1. The molecular formula is C12H24N2O. The van der Waals surface area contributed by atoms with Crippen LogP contribution in [0.25, 0.3) is 0 Å². The highest BCUT2D eigenvalue weighted by atomic mass is 16.2. The van der Waals surface area contributed by atoms with Crippen LogP contribution in [-0.2, 0) is 0 Å². The van der Waals surface area contributed by atoms with Crippen molar-refractivity contribution in [2.75, 3.05) is 19.6 Å². The fraction of sp³-hybridized carbons (Fsp3) is 0.917. The lowest BCUT2D eigenvalue weighted by Gasteiger charge is -2.32. The number of hydrogen-bond donors (Lipinski definition) is 0. The van der Waals surface area contributed by atoms with E-state index in [0.29, 0.717) is 6.04 Å². The van der Waals surface area contributed by atoms with E-state index in [0.717, 1.165) is 32.5 Å². The van der Waals surface area contributed by atoms with Crippen LogP contribution < -0.4 is 0 Å². The van der Waals surface area contributed by atoms with E-state index in [2.05, 4.69) is 11.8 Å². The van der Waals surface area contributed by atoms with E-state index in [1.54, 1.807) is 0 Å². The third kappa shape index (κ3) is 3.11. The largest absolute Gasteiger partial charge is 0.325 e. The van der Waals surface area contributed by atoms with Gasteiger partial charge in [0.25, 0.3) is 0 Å². The monoisotopic (exact) mass is 212 g/mol. The van der Waals surface area contributed by atoms with Gasteiger partial charge in [-0.1, -0.05) is 12.8 Å². The second kappa shape index (κ2) is 5.99. The van der Waals surface area contributed by atoms with Crippen molar-refractivity contribution in [2.45, 2.75) is 52.5 Å². The summed E-state index contributed by atoms with van der Waals surface area (Å²) in [6, 6.07) is 0.648. The summed E-state index contributed by atoms with van der Waals surface area (Å²) in [6.45, 7) is 8.84. The van der Waals surface area contributed by atoms with Gasteiger partial charge >= 0.3 is 6.03 Å². The molecule has 3 nitrogen and oxygen atoms in total. The van der Waals surface area contributed by atoms with Gasteiger partial charge in [-0.15, -0.1) is 0 Å². The molecule has 3 heteroatoms. The molecule has 1 fully saturated rings. The smallest absolute Gasteiger partial charge is 0.320 e. The number of rotatable bonds is 2. The lowest BCUT2D eigenvalue weighted by molar-refractivity contribution is 0.142. The first kappa shape index (κ1) is 12.3. The summed E-state index contributed by atoms with van der Waals surface area (Å²) in [5.41, 5.74) is 0. The van der Waals surface area contributed by atoms with E-state index in [9.17, 15) is 4.79 Å². The Morgan fingerprint density at radius 2 is 1.93 bits per heavy atom. The van der Waals surface area contributed by atoms with Crippen molar-refractivity contribution in [1.82, 2.24) is 9.80 Å². The molecule has 0 aromatic heterocycles. The van der Waals surface area contributed by atoms with Gasteiger partial charge in [0, 0.05) is 25.7 Å². The second-order valence-corrected chi connectivity index (χ2v) is 4.35. The number of amides is 2. The highest BCUT2D eigenvalue weighted by molar-refractivity contribution is 5.74. The Labute approximate surface area is 93.4 Å². The Kier molecular flexibility index (Phi) is 4.92. The Hall–Kier alpha value is -0.730. The Morgan fingerprint density at radius 1 is 1.27 bits per heavy atom. The standard InChI is InChI=1S/C12H24N2O/c1-4-13(5-2)12(15)14-10-8-6-7-9-11(14)3/h11H,4-10H2,1-3H3. The van der Waals surface area contributed by atoms with Gasteiger partial charge in [-0.3, -0.25) is 0 Å². The quantitative estimate of drug-likeness (QED) is 0.690. The molecular weight excluding hydrogens is 188 g/mol. The lowest BCUT2D eigenvalue weighted by Crippen LogP contribution is -2.47. The van der Waals surface area contributed by atoms with Crippen LogP contribution in [-0.4, -0.2) is 41.5 Å². The summed E-state index contributed by atoms with van der Waals surface area (Å²) in [5.74, 6) is 0. The summed E-state index contributed by atoms with van der Waals surface area (Å²) >= 11 is 0. The number of hydrogen-bond acceptors (Lipinski definition) is 1. The molecule has 1 heterocycles. The van der Waals surface area contributed by atoms with Crippen molar-refractivity contribution in [3.63, 3.8) is 0 Å². The average molecular weight is 212 g/mol. The summed E-state index contributed by atoms with van der Waals surface area (Å²) in [5, 5.41) is 0. The number of urea groups is 1. The molecule has 0 N–H and O–H groups in total. The molecule has 0 saturated carbocycles. The van der Waals surface area contributed by atoms with Gasteiger partial charge in [0.15, 0.2) is 0 Å². The first-order valence-electron chi connectivity index (χ1n) is 6.26. The molecule has 0 aliphatic carbocycles. The zero-order chi connectivity index (χ0) is 11.3. The van der Waals surface area contributed by atoms with Crippen LogP contribution in [0.2, 0.25) is 0 Å². The fourth-order valence-electron chi connectivity index (χ4n) is 2.23. The van der Waals surface area contributed by atoms with Gasteiger partial charge in [0.05, 0.1) is 0 Å². The van der Waals surface area contributed by atoms with Crippen molar-refractivity contribution in [3.05, 3.63) is 0 Å². The van der Waals surface area contributed by atoms with Crippen molar-refractivity contribution in [3.8, 4) is 0 Å². The molecule has 1 unspecified atom stereocenters. The predicted molar refractivity (Wildman–Crippen MR) is 63.0 cm³/mol. The third-order valence-corrected chi connectivity index (χ3v) is 3.33. The molecule has 1 saturated heterocycles. The molecule has 1 rings (SSSR count). The van der Waals surface area contributed by atoms with E-state index in [-0.39, 0.29) is 6.03 Å². The number of nitrogens with zero attached hydrogens (tertiary/aromatic N) is 2. The zero-order valence-corrected chi connectivity index (χ0v) is 10.3. The van der Waals surface area contributed by atoms with Gasteiger partial charge in [0.2, 0.25) is 0 Å². The molecule has 1 aliphatic rings. The minimum Gasteiger partial charge on any atom is -0.325 e. The first-order chi connectivity index (χ1) is 7.20. The fourth-order valence-corrected chi connectivity index (χ4v) is 2.23. The van der Waals surface area contributed by atoms with Crippen LogP contribution in [0.3, 0.4) is 0 Å². The molecule has 1 aliphatic heterocycles. The normalized spacial score (nSPS) is 22.3. The van der Waals surface area contributed by atoms with Crippen LogP contribution in [0.5, 0.6) is 0 Å². The second-order valence-electron chi connectivity index (χ2n) is 4.35. The van der Waals surface area contributed by atoms with Crippen LogP contribution in [0.1, 0.15) is 46.5 Å². The Morgan fingerprint density at radius 3 is 2.53 bits per heavy atom. The molecule has 0 radical (unpaired) electrons. The third-order valence-electron chi connectivity index (χ3n) is 3.33. The van der Waals surface area contributed by atoms with Gasteiger partial charge in [0.1, 0.15) is 0 Å². The van der Waals surface area contributed by atoms with Crippen LogP contribution in [0, 0.1) is 0 Å². The maximum atomic E-state index is 12.2. The van der Waals surface area contributed by atoms with E-state index < -0.39 is 0 Å².